The van der Waals surface area contributed by atoms with Crippen molar-refractivity contribution in [3.05, 3.63) is 70.3 Å². The topological polar surface area (TPSA) is 53.9 Å². The highest BCUT2D eigenvalue weighted by molar-refractivity contribution is 9.10. The van der Waals surface area contributed by atoms with Gasteiger partial charge in [-0.1, -0.05) is 52.3 Å². The third-order valence-corrected chi connectivity index (χ3v) is 4.75. The van der Waals surface area contributed by atoms with E-state index in [2.05, 4.69) is 67.3 Å². The van der Waals surface area contributed by atoms with Gasteiger partial charge in [0.15, 0.2) is 5.82 Å². The predicted octanol–water partition coefficient (Wildman–Crippen LogP) is 4.71. The lowest BCUT2D eigenvalue weighted by Gasteiger charge is -2.21. The summed E-state index contributed by atoms with van der Waals surface area (Å²) in [6, 6.07) is 16.4. The fourth-order valence-electron chi connectivity index (χ4n) is 2.46. The molecule has 0 radical (unpaired) electrons. The second kappa shape index (κ2) is 8.07. The quantitative estimate of drug-likeness (QED) is 0.652. The highest BCUT2D eigenvalue weighted by atomic mass is 79.9. The molecule has 1 aromatic heterocycles. The van der Waals surface area contributed by atoms with Gasteiger partial charge in [0.25, 0.3) is 0 Å². The van der Waals surface area contributed by atoms with Crippen LogP contribution in [0.5, 0.6) is 0 Å². The number of nitrogens with zero attached hydrogens (tertiary/aromatic N) is 4. The number of hydrogen-bond donors (Lipinski definition) is 1. The summed E-state index contributed by atoms with van der Waals surface area (Å²) in [6.45, 7) is 5.78. The molecule has 1 N–H and O–H groups in total. The third kappa shape index (κ3) is 4.54. The van der Waals surface area contributed by atoms with Crippen LogP contribution in [0.15, 0.2) is 59.2 Å². The molecular formula is C19H20BrN5. The number of benzene rings is 2. The van der Waals surface area contributed by atoms with Gasteiger partial charge in [-0.25, -0.2) is 0 Å². The van der Waals surface area contributed by atoms with E-state index in [0.717, 1.165) is 29.1 Å². The average Bonchev–Trinajstić information content (AvgIpc) is 2.64. The minimum atomic E-state index is 0.486. The summed E-state index contributed by atoms with van der Waals surface area (Å²) < 4.78 is 1.04. The molecular weight excluding hydrogens is 378 g/mol. The van der Waals surface area contributed by atoms with E-state index in [1.54, 1.807) is 6.20 Å². The second-order valence-corrected chi connectivity index (χ2v) is 6.58. The summed E-state index contributed by atoms with van der Waals surface area (Å²) in [5.74, 6) is 1.29. The van der Waals surface area contributed by atoms with Gasteiger partial charge in [0.05, 0.1) is 6.20 Å². The Balaban J connectivity index is 1.78. The molecule has 0 aliphatic heterocycles. The van der Waals surface area contributed by atoms with Gasteiger partial charge < -0.3 is 10.2 Å². The molecule has 0 atom stereocenters. The first-order chi connectivity index (χ1) is 12.2. The Morgan fingerprint density at radius 1 is 1.12 bits per heavy atom. The standard InChI is InChI=1S/C19H20BrN5/c1-3-25(13-15-7-5-4-6-8-15)18-12-21-24-19(23-18)22-16-10-9-14(2)17(20)11-16/h4-12H,3,13H2,1-2H3,(H,22,23,24). The fraction of sp³-hybridized carbons (Fsp3) is 0.211. The van der Waals surface area contributed by atoms with E-state index in [-0.39, 0.29) is 0 Å². The average molecular weight is 398 g/mol. The number of aromatic nitrogens is 3. The van der Waals surface area contributed by atoms with Gasteiger partial charge >= 0.3 is 0 Å². The van der Waals surface area contributed by atoms with Crippen LogP contribution in [0.3, 0.4) is 0 Å². The molecule has 6 heteroatoms. The third-order valence-electron chi connectivity index (χ3n) is 3.90. The number of hydrogen-bond acceptors (Lipinski definition) is 5. The molecule has 2 aromatic carbocycles. The summed E-state index contributed by atoms with van der Waals surface area (Å²) in [6.07, 6.45) is 1.70. The molecule has 0 unspecified atom stereocenters. The zero-order chi connectivity index (χ0) is 17.6. The maximum Gasteiger partial charge on any atom is 0.249 e. The van der Waals surface area contributed by atoms with E-state index in [0.29, 0.717) is 5.95 Å². The largest absolute Gasteiger partial charge is 0.351 e. The molecule has 0 saturated carbocycles. The summed E-state index contributed by atoms with van der Waals surface area (Å²) in [5, 5.41) is 11.4. The monoisotopic (exact) mass is 397 g/mol. The Hall–Kier alpha value is -2.47. The van der Waals surface area contributed by atoms with Gasteiger partial charge in [0.1, 0.15) is 0 Å². The predicted molar refractivity (Wildman–Crippen MR) is 105 cm³/mol. The molecule has 128 valence electrons. The van der Waals surface area contributed by atoms with Crippen molar-refractivity contribution in [3.8, 4) is 0 Å². The zero-order valence-electron chi connectivity index (χ0n) is 14.3. The Labute approximate surface area is 156 Å². The second-order valence-electron chi connectivity index (χ2n) is 5.73. The summed E-state index contributed by atoms with van der Waals surface area (Å²) >= 11 is 3.54. The molecule has 3 aromatic rings. The van der Waals surface area contributed by atoms with Crippen molar-refractivity contribution >= 4 is 33.4 Å². The van der Waals surface area contributed by atoms with Gasteiger partial charge in [-0.3, -0.25) is 0 Å². The van der Waals surface area contributed by atoms with Crippen LogP contribution >= 0.6 is 15.9 Å². The van der Waals surface area contributed by atoms with E-state index in [1.165, 1.54) is 11.1 Å². The maximum absolute atomic E-state index is 4.61. The summed E-state index contributed by atoms with van der Waals surface area (Å²) in [7, 11) is 0. The highest BCUT2D eigenvalue weighted by Gasteiger charge is 2.09. The fourth-order valence-corrected chi connectivity index (χ4v) is 2.84. The lowest BCUT2D eigenvalue weighted by atomic mass is 10.2. The van der Waals surface area contributed by atoms with Crippen LogP contribution in [0.2, 0.25) is 0 Å². The van der Waals surface area contributed by atoms with Crippen LogP contribution in [0, 0.1) is 6.92 Å². The summed E-state index contributed by atoms with van der Waals surface area (Å²) in [4.78, 5) is 6.78. The van der Waals surface area contributed by atoms with Gasteiger partial charge in [-0.05, 0) is 37.1 Å². The van der Waals surface area contributed by atoms with E-state index in [1.807, 2.05) is 36.4 Å². The first-order valence-electron chi connectivity index (χ1n) is 8.17. The number of aryl methyl sites for hydroxylation is 1. The lowest BCUT2D eigenvalue weighted by Crippen LogP contribution is -2.23. The van der Waals surface area contributed by atoms with Crippen molar-refractivity contribution < 1.29 is 0 Å². The van der Waals surface area contributed by atoms with Crippen LogP contribution < -0.4 is 10.2 Å². The van der Waals surface area contributed by atoms with Crippen LogP contribution in [0.1, 0.15) is 18.1 Å². The maximum atomic E-state index is 4.61. The molecule has 5 nitrogen and oxygen atoms in total. The van der Waals surface area contributed by atoms with E-state index >= 15 is 0 Å². The minimum Gasteiger partial charge on any atom is -0.351 e. The molecule has 25 heavy (non-hydrogen) atoms. The molecule has 0 saturated heterocycles. The Kier molecular flexibility index (Phi) is 5.60. The van der Waals surface area contributed by atoms with E-state index < -0.39 is 0 Å². The van der Waals surface area contributed by atoms with Crippen LogP contribution in [-0.4, -0.2) is 21.7 Å². The minimum absolute atomic E-state index is 0.486. The lowest BCUT2D eigenvalue weighted by molar-refractivity contribution is 0.798. The highest BCUT2D eigenvalue weighted by Crippen LogP contribution is 2.23. The number of halogens is 1. The molecule has 1 heterocycles. The van der Waals surface area contributed by atoms with Crippen molar-refractivity contribution in [3.63, 3.8) is 0 Å². The molecule has 0 aliphatic carbocycles. The first kappa shape index (κ1) is 17.4. The summed E-state index contributed by atoms with van der Waals surface area (Å²) in [5.41, 5.74) is 3.33. The molecule has 3 rings (SSSR count). The SMILES string of the molecule is CCN(Cc1ccccc1)c1cnnc(Nc2ccc(C)c(Br)c2)n1. The number of rotatable bonds is 6. The molecule has 0 amide bonds. The zero-order valence-corrected chi connectivity index (χ0v) is 15.9. The van der Waals surface area contributed by atoms with E-state index in [4.69, 9.17) is 0 Å². The Morgan fingerprint density at radius 2 is 1.92 bits per heavy atom. The molecule has 0 bridgehead atoms. The Bertz CT molecular complexity index is 838. The van der Waals surface area contributed by atoms with Crippen molar-refractivity contribution in [2.75, 3.05) is 16.8 Å². The van der Waals surface area contributed by atoms with Crippen LogP contribution in [-0.2, 0) is 6.54 Å². The smallest absolute Gasteiger partial charge is 0.249 e. The van der Waals surface area contributed by atoms with Gasteiger partial charge in [0, 0.05) is 23.2 Å². The van der Waals surface area contributed by atoms with Crippen LogP contribution in [0.4, 0.5) is 17.5 Å². The first-order valence-corrected chi connectivity index (χ1v) is 8.97. The number of anilines is 3. The van der Waals surface area contributed by atoms with E-state index in [9.17, 15) is 0 Å². The van der Waals surface area contributed by atoms with Crippen molar-refractivity contribution in [2.24, 2.45) is 0 Å². The van der Waals surface area contributed by atoms with Crippen molar-refractivity contribution in [1.82, 2.24) is 15.2 Å². The Morgan fingerprint density at radius 3 is 2.64 bits per heavy atom. The normalized spacial score (nSPS) is 10.5. The van der Waals surface area contributed by atoms with Gasteiger partial charge in [0.2, 0.25) is 5.95 Å². The van der Waals surface area contributed by atoms with Crippen molar-refractivity contribution in [1.29, 1.82) is 0 Å². The van der Waals surface area contributed by atoms with Gasteiger partial charge in [-0.15, -0.1) is 5.10 Å². The number of nitrogens with one attached hydrogen (secondary N) is 1. The van der Waals surface area contributed by atoms with Crippen molar-refractivity contribution in [2.45, 2.75) is 20.4 Å². The molecule has 0 aliphatic rings. The molecule has 0 spiro atoms. The van der Waals surface area contributed by atoms with Crippen LogP contribution in [0.25, 0.3) is 0 Å². The molecule has 0 fully saturated rings. The van der Waals surface area contributed by atoms with Gasteiger partial charge in [-0.2, -0.15) is 10.1 Å².